The Morgan fingerprint density at radius 3 is 2.63 bits per heavy atom. The average molecular weight is 427 g/mol. The van der Waals surface area contributed by atoms with E-state index in [0.29, 0.717) is 12.6 Å². The number of benzene rings is 1. The van der Waals surface area contributed by atoms with Gasteiger partial charge in [0.2, 0.25) is 0 Å². The molecule has 0 bridgehead atoms. The zero-order chi connectivity index (χ0) is 20.6. The summed E-state index contributed by atoms with van der Waals surface area (Å²) in [6, 6.07) is 8.07. The van der Waals surface area contributed by atoms with Gasteiger partial charge in [-0.05, 0) is 44.4 Å². The fourth-order valence-electron chi connectivity index (χ4n) is 5.30. The minimum Gasteiger partial charge on any atom is -0.323 e. The lowest BCUT2D eigenvalue weighted by Crippen LogP contribution is -2.49. The summed E-state index contributed by atoms with van der Waals surface area (Å²) in [7, 11) is 0. The molecule has 1 spiro atoms. The molecule has 1 aliphatic carbocycles. The minimum absolute atomic E-state index is 0.00323. The van der Waals surface area contributed by atoms with Crippen molar-refractivity contribution in [2.24, 2.45) is 0 Å². The zero-order valence-electron chi connectivity index (χ0n) is 17.4. The lowest BCUT2D eigenvalue weighted by Gasteiger charge is -2.34. The highest BCUT2D eigenvalue weighted by Gasteiger charge is 2.50. The molecular formula is C23H30N4O2S. The van der Waals surface area contributed by atoms with Gasteiger partial charge < -0.3 is 5.32 Å². The van der Waals surface area contributed by atoms with E-state index in [1.807, 2.05) is 6.07 Å². The molecule has 3 heterocycles. The molecule has 1 saturated carbocycles. The summed E-state index contributed by atoms with van der Waals surface area (Å²) in [6.07, 6.45) is 9.32. The molecule has 1 aromatic carbocycles. The highest BCUT2D eigenvalue weighted by atomic mass is 32.1. The summed E-state index contributed by atoms with van der Waals surface area (Å²) >= 11 is 1.77. The standard InChI is InChI=1S/C23H30N4O2S/c28-21-23(12-6-2-1-3-7-13-23)25-22(29)27(21)16-26-14-8-9-17(15-26)20-24-18-10-4-5-11-19(18)30-20/h4-5,10-11,17H,1-3,6-9,12-16H2,(H,25,29)/t17-/m0/s1. The van der Waals surface area contributed by atoms with Gasteiger partial charge >= 0.3 is 6.03 Å². The number of amides is 3. The molecule has 5 rings (SSSR count). The molecule has 3 amide bonds. The number of aromatic nitrogens is 1. The number of para-hydroxylation sites is 1. The van der Waals surface area contributed by atoms with Gasteiger partial charge in [-0.2, -0.15) is 0 Å². The highest BCUT2D eigenvalue weighted by molar-refractivity contribution is 7.18. The van der Waals surface area contributed by atoms with Crippen molar-refractivity contribution in [1.29, 1.82) is 0 Å². The molecule has 30 heavy (non-hydrogen) atoms. The number of rotatable bonds is 3. The predicted octanol–water partition coefficient (Wildman–Crippen LogP) is 4.47. The number of piperidine rings is 1. The molecule has 2 aromatic rings. The maximum absolute atomic E-state index is 13.3. The molecule has 7 heteroatoms. The molecule has 2 aliphatic heterocycles. The van der Waals surface area contributed by atoms with Crippen LogP contribution in [0.5, 0.6) is 0 Å². The first kappa shape index (κ1) is 19.9. The Hall–Kier alpha value is -1.99. The number of hydrogen-bond acceptors (Lipinski definition) is 5. The van der Waals surface area contributed by atoms with Gasteiger partial charge in [-0.3, -0.25) is 9.69 Å². The van der Waals surface area contributed by atoms with Crippen LogP contribution in [0.2, 0.25) is 0 Å². The minimum atomic E-state index is -0.653. The maximum Gasteiger partial charge on any atom is 0.326 e. The molecule has 160 valence electrons. The number of hydrogen-bond donors (Lipinski definition) is 1. The van der Waals surface area contributed by atoms with Crippen LogP contribution in [0, 0.1) is 0 Å². The van der Waals surface area contributed by atoms with Crippen LogP contribution in [-0.2, 0) is 4.79 Å². The fraction of sp³-hybridized carbons (Fsp3) is 0.609. The second kappa shape index (κ2) is 8.27. The number of fused-ring (bicyclic) bond motifs is 1. The molecular weight excluding hydrogens is 396 g/mol. The van der Waals surface area contributed by atoms with Crippen LogP contribution in [0.3, 0.4) is 0 Å². The quantitative estimate of drug-likeness (QED) is 0.736. The highest BCUT2D eigenvalue weighted by Crippen LogP contribution is 2.35. The third kappa shape index (κ3) is 3.73. The van der Waals surface area contributed by atoms with Gasteiger partial charge in [-0.15, -0.1) is 11.3 Å². The van der Waals surface area contributed by atoms with Crippen molar-refractivity contribution in [1.82, 2.24) is 20.1 Å². The largest absolute Gasteiger partial charge is 0.326 e. The first-order valence-corrected chi connectivity index (χ1v) is 12.2. The van der Waals surface area contributed by atoms with Crippen molar-refractivity contribution in [3.05, 3.63) is 29.3 Å². The summed E-state index contributed by atoms with van der Waals surface area (Å²) in [5, 5.41) is 4.26. The van der Waals surface area contributed by atoms with Crippen molar-refractivity contribution in [3.8, 4) is 0 Å². The van der Waals surface area contributed by atoms with Crippen molar-refractivity contribution in [3.63, 3.8) is 0 Å². The third-order valence-electron chi connectivity index (χ3n) is 6.96. The van der Waals surface area contributed by atoms with E-state index in [2.05, 4.69) is 28.4 Å². The molecule has 0 unspecified atom stereocenters. The monoisotopic (exact) mass is 426 g/mol. The molecule has 1 N–H and O–H groups in total. The van der Waals surface area contributed by atoms with Gasteiger partial charge in [-0.25, -0.2) is 14.7 Å². The number of imide groups is 1. The number of nitrogens with zero attached hydrogens (tertiary/aromatic N) is 3. The smallest absolute Gasteiger partial charge is 0.323 e. The number of nitrogens with one attached hydrogen (secondary N) is 1. The van der Waals surface area contributed by atoms with E-state index in [1.54, 1.807) is 11.3 Å². The van der Waals surface area contributed by atoms with Crippen LogP contribution in [0.4, 0.5) is 4.79 Å². The lowest BCUT2D eigenvalue weighted by atomic mass is 9.84. The Morgan fingerprint density at radius 2 is 1.83 bits per heavy atom. The summed E-state index contributed by atoms with van der Waals surface area (Å²) in [5.74, 6) is 0.365. The molecule has 2 saturated heterocycles. The van der Waals surface area contributed by atoms with E-state index in [0.717, 1.165) is 70.0 Å². The second-order valence-corrected chi connectivity index (χ2v) is 10.2. The van der Waals surface area contributed by atoms with Crippen LogP contribution < -0.4 is 5.32 Å². The lowest BCUT2D eigenvalue weighted by molar-refractivity contribution is -0.133. The Balaban J connectivity index is 1.28. The van der Waals surface area contributed by atoms with Crippen LogP contribution in [0.1, 0.15) is 68.7 Å². The van der Waals surface area contributed by atoms with Gasteiger partial charge in [0, 0.05) is 12.5 Å². The maximum atomic E-state index is 13.3. The molecule has 3 aliphatic rings. The van der Waals surface area contributed by atoms with Gasteiger partial charge in [0.1, 0.15) is 5.54 Å². The molecule has 0 radical (unpaired) electrons. The first-order valence-electron chi connectivity index (χ1n) is 11.4. The van der Waals surface area contributed by atoms with Crippen LogP contribution in [-0.4, -0.2) is 52.0 Å². The topological polar surface area (TPSA) is 65.5 Å². The summed E-state index contributed by atoms with van der Waals surface area (Å²) in [4.78, 5) is 34.7. The normalized spacial score (nSPS) is 25.5. The average Bonchev–Trinajstić information content (AvgIpc) is 3.27. The fourth-order valence-corrected chi connectivity index (χ4v) is 6.40. The SMILES string of the molecule is O=C1NC2(CCCCCCC2)C(=O)N1CN1CCC[C@H](c2nc3ccccc3s2)C1. The number of urea groups is 1. The van der Waals surface area contributed by atoms with Crippen LogP contribution >= 0.6 is 11.3 Å². The molecule has 1 atom stereocenters. The van der Waals surface area contributed by atoms with Crippen molar-refractivity contribution >= 4 is 33.5 Å². The van der Waals surface area contributed by atoms with Crippen LogP contribution in [0.15, 0.2) is 24.3 Å². The van der Waals surface area contributed by atoms with Gasteiger partial charge in [0.15, 0.2) is 0 Å². The number of carbonyl (C=O) groups is 2. The van der Waals surface area contributed by atoms with E-state index in [9.17, 15) is 9.59 Å². The van der Waals surface area contributed by atoms with Crippen molar-refractivity contribution in [2.45, 2.75) is 69.2 Å². The Bertz CT molecular complexity index is 901. The molecule has 3 fully saturated rings. The number of thiazole rings is 1. The Kier molecular flexibility index (Phi) is 5.50. The van der Waals surface area contributed by atoms with Crippen molar-refractivity contribution in [2.75, 3.05) is 19.8 Å². The van der Waals surface area contributed by atoms with E-state index in [1.165, 1.54) is 21.0 Å². The number of likely N-dealkylation sites (tertiary alicyclic amines) is 1. The van der Waals surface area contributed by atoms with E-state index >= 15 is 0 Å². The van der Waals surface area contributed by atoms with E-state index < -0.39 is 5.54 Å². The zero-order valence-corrected chi connectivity index (χ0v) is 18.3. The van der Waals surface area contributed by atoms with Gasteiger partial charge in [-0.1, -0.05) is 44.2 Å². The molecule has 6 nitrogen and oxygen atoms in total. The predicted molar refractivity (Wildman–Crippen MR) is 118 cm³/mol. The van der Waals surface area contributed by atoms with Crippen molar-refractivity contribution < 1.29 is 9.59 Å². The first-order chi connectivity index (χ1) is 14.6. The number of carbonyl (C=O) groups excluding carboxylic acids is 2. The van der Waals surface area contributed by atoms with Gasteiger partial charge in [0.05, 0.1) is 21.9 Å². The summed E-state index contributed by atoms with van der Waals surface area (Å²) < 4.78 is 1.23. The Labute approximate surface area is 181 Å². The summed E-state index contributed by atoms with van der Waals surface area (Å²) in [6.45, 7) is 2.17. The Morgan fingerprint density at radius 1 is 1.07 bits per heavy atom. The second-order valence-electron chi connectivity index (χ2n) is 9.09. The van der Waals surface area contributed by atoms with E-state index in [-0.39, 0.29) is 11.9 Å². The van der Waals surface area contributed by atoms with Crippen LogP contribution in [0.25, 0.3) is 10.2 Å². The summed E-state index contributed by atoms with van der Waals surface area (Å²) in [5.41, 5.74) is 0.412. The third-order valence-corrected chi connectivity index (χ3v) is 8.16. The van der Waals surface area contributed by atoms with Gasteiger partial charge in [0.25, 0.3) is 5.91 Å². The molecule has 1 aromatic heterocycles. The van der Waals surface area contributed by atoms with E-state index in [4.69, 9.17) is 4.98 Å².